The third-order valence-corrected chi connectivity index (χ3v) is 1.28. The van der Waals surface area contributed by atoms with Gasteiger partial charge in [-0.15, -0.1) is 0 Å². The van der Waals surface area contributed by atoms with E-state index in [4.69, 9.17) is 0 Å². The highest BCUT2D eigenvalue weighted by molar-refractivity contribution is 5.59. The molecule has 0 radical (unpaired) electrons. The van der Waals surface area contributed by atoms with Crippen molar-refractivity contribution in [1.82, 2.24) is 0 Å². The molecule has 0 spiro atoms. The van der Waals surface area contributed by atoms with E-state index in [1.165, 1.54) is 0 Å². The van der Waals surface area contributed by atoms with Gasteiger partial charge in [0.05, 0.1) is 13.3 Å². The summed E-state index contributed by atoms with van der Waals surface area (Å²) >= 11 is 0. The zero-order valence-electron chi connectivity index (χ0n) is 7.82. The molecular formula is C7H8F6O3. The lowest BCUT2D eigenvalue weighted by atomic mass is 10.3. The summed E-state index contributed by atoms with van der Waals surface area (Å²) in [5.74, 6) is -5.13. The lowest BCUT2D eigenvalue weighted by Gasteiger charge is -2.18. The van der Waals surface area contributed by atoms with Crippen molar-refractivity contribution in [1.29, 1.82) is 0 Å². The average molecular weight is 254 g/mol. The van der Waals surface area contributed by atoms with Crippen LogP contribution in [0.2, 0.25) is 0 Å². The molecule has 0 atom stereocenters. The average Bonchev–Trinajstić information content (AvgIpc) is 2.13. The smallest absolute Gasteiger partial charge is 0.434 e. The summed E-state index contributed by atoms with van der Waals surface area (Å²) in [5.41, 5.74) is 0. The first-order valence-electron chi connectivity index (χ1n) is 4.01. The highest BCUT2D eigenvalue weighted by atomic mass is 19.4. The zero-order valence-corrected chi connectivity index (χ0v) is 7.82. The van der Waals surface area contributed by atoms with Gasteiger partial charge in [0, 0.05) is 6.42 Å². The molecule has 0 aliphatic carbocycles. The Kier molecular flexibility index (Phi) is 5.39. The van der Waals surface area contributed by atoms with Gasteiger partial charge in [-0.1, -0.05) is 0 Å². The van der Waals surface area contributed by atoms with Crippen LogP contribution in [0.5, 0.6) is 0 Å². The van der Waals surface area contributed by atoms with Crippen LogP contribution in [0.25, 0.3) is 0 Å². The predicted octanol–water partition coefficient (Wildman–Crippen LogP) is 2.70. The summed E-state index contributed by atoms with van der Waals surface area (Å²) in [6.45, 7) is -3.43. The summed E-state index contributed by atoms with van der Waals surface area (Å²) in [6.07, 6.45) is -7.69. The number of hydrogen-bond acceptors (Lipinski definition) is 3. The van der Waals surface area contributed by atoms with Crippen molar-refractivity contribution in [3.63, 3.8) is 0 Å². The van der Waals surface area contributed by atoms with Gasteiger partial charge in [-0.05, 0) is 0 Å². The van der Waals surface area contributed by atoms with E-state index in [9.17, 15) is 31.1 Å². The van der Waals surface area contributed by atoms with Crippen LogP contribution in [0, 0.1) is 0 Å². The van der Waals surface area contributed by atoms with Gasteiger partial charge in [0.25, 0.3) is 0 Å². The van der Waals surface area contributed by atoms with Crippen LogP contribution in [0.15, 0.2) is 0 Å². The third-order valence-electron chi connectivity index (χ3n) is 1.28. The second-order valence-electron chi connectivity index (χ2n) is 2.63. The number of ether oxygens (including phenoxy) is 2. The van der Waals surface area contributed by atoms with Crippen LogP contribution >= 0.6 is 0 Å². The molecule has 0 bridgehead atoms. The van der Waals surface area contributed by atoms with Crippen molar-refractivity contribution in [2.45, 2.75) is 18.5 Å². The minimum Gasteiger partial charge on any atom is -0.434 e. The van der Waals surface area contributed by atoms with E-state index in [0.717, 1.165) is 0 Å². The minimum absolute atomic E-state index is 0.190. The molecule has 0 unspecified atom stereocenters. The quantitative estimate of drug-likeness (QED) is 0.430. The van der Waals surface area contributed by atoms with E-state index >= 15 is 0 Å². The van der Waals surface area contributed by atoms with Crippen LogP contribution in [-0.4, -0.2) is 38.1 Å². The summed E-state index contributed by atoms with van der Waals surface area (Å²) < 4.78 is 78.0. The molecule has 0 aliphatic rings. The van der Waals surface area contributed by atoms with Gasteiger partial charge in [0.15, 0.2) is 6.61 Å². The van der Waals surface area contributed by atoms with Crippen LogP contribution in [-0.2, 0) is 9.47 Å². The van der Waals surface area contributed by atoms with Gasteiger partial charge in [0.1, 0.15) is 0 Å². The second-order valence-corrected chi connectivity index (χ2v) is 2.63. The van der Waals surface area contributed by atoms with Crippen molar-refractivity contribution in [2.75, 3.05) is 19.9 Å². The SMILES string of the molecule is O=C(OCCCF)OCC(F)(F)C(F)(F)F. The largest absolute Gasteiger partial charge is 0.508 e. The summed E-state index contributed by atoms with van der Waals surface area (Å²) in [7, 11) is 0. The summed E-state index contributed by atoms with van der Waals surface area (Å²) in [6, 6.07) is 0. The first-order valence-corrected chi connectivity index (χ1v) is 4.01. The number of carbonyl (C=O) groups is 1. The molecule has 0 saturated carbocycles. The molecule has 16 heavy (non-hydrogen) atoms. The molecule has 0 fully saturated rings. The van der Waals surface area contributed by atoms with Gasteiger partial charge in [-0.3, -0.25) is 4.39 Å². The molecule has 0 rings (SSSR count). The fraction of sp³-hybridized carbons (Fsp3) is 0.857. The fourth-order valence-corrected chi connectivity index (χ4v) is 0.483. The summed E-state index contributed by atoms with van der Waals surface area (Å²) in [5, 5.41) is 0. The predicted molar refractivity (Wildman–Crippen MR) is 38.9 cm³/mol. The topological polar surface area (TPSA) is 35.5 Å². The molecular weight excluding hydrogens is 246 g/mol. The molecule has 0 aromatic carbocycles. The Morgan fingerprint density at radius 1 is 1.06 bits per heavy atom. The van der Waals surface area contributed by atoms with Crippen LogP contribution in [0.3, 0.4) is 0 Å². The fourth-order valence-electron chi connectivity index (χ4n) is 0.483. The van der Waals surface area contributed by atoms with E-state index in [0.29, 0.717) is 0 Å². The first kappa shape index (κ1) is 14.8. The number of carbonyl (C=O) groups excluding carboxylic acids is 1. The van der Waals surface area contributed by atoms with Crippen LogP contribution < -0.4 is 0 Å². The van der Waals surface area contributed by atoms with Gasteiger partial charge < -0.3 is 9.47 Å². The van der Waals surface area contributed by atoms with Gasteiger partial charge in [-0.2, -0.15) is 22.0 Å². The standard InChI is InChI=1S/C7H8F6O3/c8-2-1-3-15-5(14)16-4-6(9,10)7(11,12)13/h1-4H2. The Morgan fingerprint density at radius 2 is 1.62 bits per heavy atom. The van der Waals surface area contributed by atoms with Crippen LogP contribution in [0.1, 0.15) is 6.42 Å². The van der Waals surface area contributed by atoms with Crippen molar-refractivity contribution in [3.05, 3.63) is 0 Å². The monoisotopic (exact) mass is 254 g/mol. The van der Waals surface area contributed by atoms with Crippen molar-refractivity contribution < 1.29 is 40.6 Å². The molecule has 0 aromatic heterocycles. The van der Waals surface area contributed by atoms with E-state index in [2.05, 4.69) is 9.47 Å². The molecule has 9 heteroatoms. The molecule has 0 aliphatic heterocycles. The Hall–Kier alpha value is -1.15. The Labute approximate surface area is 86.3 Å². The number of alkyl halides is 6. The maximum absolute atomic E-state index is 12.2. The molecule has 0 N–H and O–H groups in total. The van der Waals surface area contributed by atoms with Crippen molar-refractivity contribution in [2.24, 2.45) is 0 Å². The number of halogens is 6. The third kappa shape index (κ3) is 5.08. The van der Waals surface area contributed by atoms with E-state index < -0.39 is 38.1 Å². The molecule has 0 saturated heterocycles. The zero-order chi connectivity index (χ0) is 12.8. The lowest BCUT2D eigenvalue weighted by molar-refractivity contribution is -0.293. The lowest BCUT2D eigenvalue weighted by Crippen LogP contribution is -2.41. The van der Waals surface area contributed by atoms with E-state index in [-0.39, 0.29) is 6.42 Å². The highest BCUT2D eigenvalue weighted by Crippen LogP contribution is 2.35. The molecule has 0 aromatic rings. The van der Waals surface area contributed by atoms with E-state index in [1.807, 2.05) is 0 Å². The Bertz CT molecular complexity index is 227. The molecule has 0 heterocycles. The maximum atomic E-state index is 12.2. The second kappa shape index (κ2) is 5.80. The Balaban J connectivity index is 3.92. The molecule has 0 amide bonds. The molecule has 96 valence electrons. The van der Waals surface area contributed by atoms with Gasteiger partial charge in [-0.25, -0.2) is 4.79 Å². The van der Waals surface area contributed by atoms with Gasteiger partial charge in [0.2, 0.25) is 0 Å². The summed E-state index contributed by atoms with van der Waals surface area (Å²) in [4.78, 5) is 10.4. The maximum Gasteiger partial charge on any atom is 0.508 e. The van der Waals surface area contributed by atoms with E-state index in [1.54, 1.807) is 0 Å². The number of hydrogen-bond donors (Lipinski definition) is 0. The minimum atomic E-state index is -5.80. The first-order chi connectivity index (χ1) is 7.20. The van der Waals surface area contributed by atoms with Gasteiger partial charge >= 0.3 is 18.3 Å². The highest BCUT2D eigenvalue weighted by Gasteiger charge is 2.58. The Morgan fingerprint density at radius 3 is 2.06 bits per heavy atom. The normalized spacial score (nSPS) is 12.4. The van der Waals surface area contributed by atoms with Crippen LogP contribution in [0.4, 0.5) is 31.1 Å². The van der Waals surface area contributed by atoms with Crippen molar-refractivity contribution >= 4 is 6.16 Å². The number of rotatable bonds is 5. The molecule has 3 nitrogen and oxygen atoms in total. The van der Waals surface area contributed by atoms with Crippen molar-refractivity contribution in [3.8, 4) is 0 Å².